The van der Waals surface area contributed by atoms with Gasteiger partial charge in [0.15, 0.2) is 5.13 Å². The second-order valence-electron chi connectivity index (χ2n) is 17.0. The number of hydrogen-bond acceptors (Lipinski definition) is 15. The summed E-state index contributed by atoms with van der Waals surface area (Å²) < 4.78 is 88.9. The normalized spacial score (nSPS) is 14.4. The van der Waals surface area contributed by atoms with Gasteiger partial charge in [0.1, 0.15) is 32.6 Å². The lowest BCUT2D eigenvalue weighted by molar-refractivity contribution is 0.0292. The maximum Gasteiger partial charge on any atom is 0.410 e. The van der Waals surface area contributed by atoms with Crippen molar-refractivity contribution in [2.24, 2.45) is 0 Å². The molecule has 3 heterocycles. The van der Waals surface area contributed by atoms with Crippen LogP contribution in [0.4, 0.5) is 9.93 Å². The Morgan fingerprint density at radius 1 is 0.809 bits per heavy atom. The molecule has 0 saturated carbocycles. The van der Waals surface area contributed by atoms with Crippen LogP contribution in [0, 0.1) is 0 Å². The number of hydrogen-bond donors (Lipinski definition) is 2. The molecule has 18 nitrogen and oxygen atoms in total. The first kappa shape index (κ1) is 47.8. The van der Waals surface area contributed by atoms with Crippen molar-refractivity contribution < 1.29 is 40.6 Å². The summed E-state index contributed by atoms with van der Waals surface area (Å²) in [5, 5.41) is 13.8. The number of sulfonamides is 2. The lowest BCUT2D eigenvalue weighted by atomic mass is 9.98. The number of likely N-dealkylation sites (tertiary alicyclic amines) is 1. The van der Waals surface area contributed by atoms with E-state index in [2.05, 4.69) is 20.0 Å². The molecule has 0 radical (unpaired) electrons. The van der Waals surface area contributed by atoms with Gasteiger partial charge in [0.25, 0.3) is 0 Å². The number of anilines is 1. The van der Waals surface area contributed by atoms with Crippen LogP contribution in [0.5, 0.6) is 17.2 Å². The Balaban J connectivity index is 1.35. The number of ether oxygens (including phenoxy) is 4. The number of para-hydroxylation sites is 1. The highest BCUT2D eigenvalue weighted by Gasteiger charge is 2.40. The average Bonchev–Trinajstić information content (AvgIpc) is 4.08. The maximum absolute atomic E-state index is 16.2. The first-order valence-electron chi connectivity index (χ1n) is 21.4. The first-order chi connectivity index (χ1) is 32.4. The van der Waals surface area contributed by atoms with Gasteiger partial charge in [0, 0.05) is 37.8 Å². The largest absolute Gasteiger partial charge is 0.497 e. The van der Waals surface area contributed by atoms with Gasteiger partial charge in [-0.15, -0.1) is 10.2 Å². The number of methoxy groups -OCH3 is 3. The van der Waals surface area contributed by atoms with Crippen molar-refractivity contribution in [3.63, 3.8) is 0 Å². The zero-order valence-electron chi connectivity index (χ0n) is 38.2. The zero-order chi connectivity index (χ0) is 48.4. The van der Waals surface area contributed by atoms with Crippen molar-refractivity contribution in [2.45, 2.75) is 68.3 Å². The van der Waals surface area contributed by atoms with E-state index >= 15 is 16.8 Å². The highest BCUT2D eigenvalue weighted by molar-refractivity contribution is 7.92. The van der Waals surface area contributed by atoms with Crippen LogP contribution in [0.25, 0.3) is 32.7 Å². The van der Waals surface area contributed by atoms with Crippen LogP contribution in [-0.2, 0) is 44.4 Å². The molecule has 5 aromatic carbocycles. The summed E-state index contributed by atoms with van der Waals surface area (Å²) in [4.78, 5) is 19.2. The number of fused-ring (bicyclic) bond motifs is 1. The minimum Gasteiger partial charge on any atom is -0.497 e. The number of rotatable bonds is 16. The van der Waals surface area contributed by atoms with Crippen molar-refractivity contribution in [1.82, 2.24) is 39.1 Å². The third-order valence-electron chi connectivity index (χ3n) is 11.1. The Bertz CT molecular complexity index is 3110. The predicted octanol–water partition coefficient (Wildman–Crippen LogP) is 6.95. The van der Waals surface area contributed by atoms with Crippen LogP contribution in [0.2, 0.25) is 0 Å². The molecule has 1 amide bonds. The molecule has 0 aliphatic carbocycles. The topological polar surface area (TPSA) is 223 Å². The first-order valence-corrected chi connectivity index (χ1v) is 25.2. The third-order valence-corrected chi connectivity index (χ3v) is 15.5. The Kier molecular flexibility index (Phi) is 13.7. The average molecular weight is 982 g/mol. The molecule has 0 spiro atoms. The molecule has 21 heteroatoms. The number of amides is 1. The molecule has 356 valence electrons. The molecule has 7 aromatic rings. The number of nitrogens with one attached hydrogen (secondary N) is 1. The minimum absolute atomic E-state index is 0.0171. The fourth-order valence-corrected chi connectivity index (χ4v) is 12.3. The van der Waals surface area contributed by atoms with Crippen molar-refractivity contribution in [1.29, 1.82) is 0 Å². The van der Waals surface area contributed by atoms with Crippen LogP contribution in [0.1, 0.15) is 43.9 Å². The number of nitrogens with zero attached hydrogens (tertiary/aromatic N) is 7. The Morgan fingerprint density at radius 3 is 1.97 bits per heavy atom. The molecule has 0 bridgehead atoms. The number of nitrogens with two attached hydrogens (primary N) is 1. The Labute approximate surface area is 398 Å². The van der Waals surface area contributed by atoms with Gasteiger partial charge < -0.3 is 29.6 Å². The summed E-state index contributed by atoms with van der Waals surface area (Å²) >= 11 is 1.25. The zero-order valence-corrected chi connectivity index (χ0v) is 40.7. The van der Waals surface area contributed by atoms with Gasteiger partial charge in [-0.05, 0) is 103 Å². The summed E-state index contributed by atoms with van der Waals surface area (Å²) in [6.07, 6.45) is -0.358. The lowest BCUT2D eigenvalue weighted by Crippen LogP contribution is -2.41. The van der Waals surface area contributed by atoms with Crippen molar-refractivity contribution in [3.8, 4) is 39.8 Å². The molecule has 1 fully saturated rings. The molecule has 1 atom stereocenters. The van der Waals surface area contributed by atoms with Gasteiger partial charge in [-0.1, -0.05) is 65.9 Å². The Hall–Kier alpha value is -6.65. The molecule has 1 aliphatic rings. The molecule has 2 aromatic heterocycles. The van der Waals surface area contributed by atoms with E-state index in [1.807, 2.05) is 18.2 Å². The summed E-state index contributed by atoms with van der Waals surface area (Å²) in [6, 6.07) is 28.4. The smallest absolute Gasteiger partial charge is 0.410 e. The number of nitrogen functional groups attached to an aromatic ring is 1. The number of thiazole rings is 1. The van der Waals surface area contributed by atoms with E-state index in [4.69, 9.17) is 29.8 Å². The van der Waals surface area contributed by atoms with E-state index in [1.54, 1.807) is 101 Å². The number of benzene rings is 5. The van der Waals surface area contributed by atoms with Crippen molar-refractivity contribution >= 4 is 52.8 Å². The molecule has 1 unspecified atom stereocenters. The number of aromatic nitrogens is 5. The number of carbonyl (C=O) groups is 1. The van der Waals surface area contributed by atoms with E-state index in [9.17, 15) is 4.79 Å². The third kappa shape index (κ3) is 10.6. The summed E-state index contributed by atoms with van der Waals surface area (Å²) in [7, 11) is -5.07. The van der Waals surface area contributed by atoms with Gasteiger partial charge in [-0.3, -0.25) is 0 Å². The van der Waals surface area contributed by atoms with Gasteiger partial charge in [0.05, 0.1) is 43.7 Å². The van der Waals surface area contributed by atoms with Crippen LogP contribution in [0.3, 0.4) is 0 Å². The fourth-order valence-electron chi connectivity index (χ4n) is 7.82. The quantitative estimate of drug-likeness (QED) is 0.100. The molecule has 1 saturated heterocycles. The minimum atomic E-state index is -4.94. The van der Waals surface area contributed by atoms with E-state index in [-0.39, 0.29) is 61.2 Å². The highest BCUT2D eigenvalue weighted by Crippen LogP contribution is 2.44. The van der Waals surface area contributed by atoms with Crippen LogP contribution in [-0.4, -0.2) is 103 Å². The van der Waals surface area contributed by atoms with E-state index in [0.29, 0.717) is 44.2 Å². The van der Waals surface area contributed by atoms with E-state index < -0.39 is 47.6 Å². The maximum atomic E-state index is 16.2. The Morgan fingerprint density at radius 2 is 1.40 bits per heavy atom. The molecule has 3 N–H and O–H groups in total. The SMILES string of the molecule is COc1ccc(CN(Cc2ccc(OC)cc2)S(=O)(=O)c2c(S(=O)(=O)NC3CCN(C(=O)OC(C)(C)C)C3)ccc(-c3cccc4sc(N)nc34)c2-c2nnn(Cc3ccc(OC)cc3)n2)cc1. The summed E-state index contributed by atoms with van der Waals surface area (Å²) in [5.74, 6) is 1.60. The molecular weight excluding hydrogens is 931 g/mol. The lowest BCUT2D eigenvalue weighted by Gasteiger charge is -2.27. The summed E-state index contributed by atoms with van der Waals surface area (Å²) in [5.41, 5.74) is 8.45. The number of carbonyl (C=O) groups excluding carboxylic acids is 1. The van der Waals surface area contributed by atoms with Gasteiger partial charge in [-0.2, -0.15) is 9.10 Å². The molecule has 1 aliphatic heterocycles. The van der Waals surface area contributed by atoms with Crippen LogP contribution >= 0.6 is 11.3 Å². The van der Waals surface area contributed by atoms with E-state index in [1.165, 1.54) is 51.7 Å². The van der Waals surface area contributed by atoms with Crippen molar-refractivity contribution in [3.05, 3.63) is 120 Å². The van der Waals surface area contributed by atoms with E-state index in [0.717, 1.165) is 5.56 Å². The van der Waals surface area contributed by atoms with Crippen LogP contribution in [0.15, 0.2) is 113 Å². The van der Waals surface area contributed by atoms with Gasteiger partial charge in [-0.25, -0.2) is 31.3 Å². The molecule has 68 heavy (non-hydrogen) atoms. The fraction of sp³-hybridized carbons (Fsp3) is 0.298. The monoisotopic (exact) mass is 981 g/mol. The predicted molar refractivity (Wildman–Crippen MR) is 257 cm³/mol. The van der Waals surface area contributed by atoms with Gasteiger partial charge >= 0.3 is 6.09 Å². The van der Waals surface area contributed by atoms with Crippen molar-refractivity contribution in [2.75, 3.05) is 40.2 Å². The van der Waals surface area contributed by atoms with Crippen LogP contribution < -0.4 is 24.7 Å². The second kappa shape index (κ2) is 19.5. The molecule has 8 rings (SSSR count). The second-order valence-corrected chi connectivity index (χ2v) is 21.6. The standard InChI is InChI=1S/C47H51N9O9S3/c1-47(2,3)65-46(57)54-25-24-33(29-54)52-67(58,59)40-23-22-37(38-8-7-9-39-42(38)49-45(48)66-39)41(44-50-53-56(51-44)28-32-14-20-36(64-6)21-15-32)43(40)68(60,61)55(26-30-10-16-34(62-4)17-11-30)27-31-12-18-35(63-5)19-13-31/h7-23,33,52H,24-29H2,1-6H3,(H2,48,49). The highest BCUT2D eigenvalue weighted by atomic mass is 32.2. The number of tetrazole rings is 1. The summed E-state index contributed by atoms with van der Waals surface area (Å²) in [6.45, 7) is 5.15. The van der Waals surface area contributed by atoms with Gasteiger partial charge in [0.2, 0.25) is 25.9 Å². The molecular formula is C47H51N9O9S3.